The van der Waals surface area contributed by atoms with Crippen LogP contribution in [0.25, 0.3) is 0 Å². The third-order valence-corrected chi connectivity index (χ3v) is 3.35. The second kappa shape index (κ2) is 83.0. The van der Waals surface area contributed by atoms with E-state index in [0.29, 0.717) is 9.52 Å². The van der Waals surface area contributed by atoms with Crippen LogP contribution in [0.15, 0.2) is 0 Å². The van der Waals surface area contributed by atoms with Crippen molar-refractivity contribution < 1.29 is 23.4 Å². The summed E-state index contributed by atoms with van der Waals surface area (Å²) in [4.78, 5) is 0. The van der Waals surface area contributed by atoms with Crippen molar-refractivity contribution in [2.24, 2.45) is 0 Å². The molecule has 0 atom stereocenters. The Morgan fingerprint density at radius 3 is 0.727 bits per heavy atom. The molecular weight excluding hydrogens is 316 g/mol. The first kappa shape index (κ1) is 38.0. The fourth-order valence-electron chi connectivity index (χ4n) is 0.558. The number of hydrogen-bond donors (Lipinski definition) is 0. The SMILES string of the molecule is CC[SiH2]CC.CC[SiH2]OC.COC.COC.COC.COC. The molecule has 144 valence electrons. The number of hydrogen-bond acceptors (Lipinski definition) is 5. The molecular formula is C15H46O5Si2. The Morgan fingerprint density at radius 1 is 0.500 bits per heavy atom. The fraction of sp³-hybridized carbons (Fsp3) is 1.00. The molecule has 0 saturated carbocycles. The third-order valence-electron chi connectivity index (χ3n) is 1.12. The largest absolute Gasteiger partial charge is 0.427 e. The van der Waals surface area contributed by atoms with Gasteiger partial charge in [-0.1, -0.05) is 32.9 Å². The highest BCUT2D eigenvalue weighted by Gasteiger charge is 1.70. The van der Waals surface area contributed by atoms with Gasteiger partial charge < -0.3 is 23.4 Å². The maximum Gasteiger partial charge on any atom is 0.160 e. The molecule has 0 N–H and O–H groups in total. The monoisotopic (exact) mass is 362 g/mol. The van der Waals surface area contributed by atoms with Gasteiger partial charge >= 0.3 is 0 Å². The fourth-order valence-corrected chi connectivity index (χ4v) is 1.67. The van der Waals surface area contributed by atoms with Crippen molar-refractivity contribution in [2.75, 3.05) is 64.0 Å². The molecule has 0 aliphatic heterocycles. The molecule has 0 aliphatic carbocycles. The van der Waals surface area contributed by atoms with Crippen LogP contribution in [0.3, 0.4) is 0 Å². The van der Waals surface area contributed by atoms with E-state index in [-0.39, 0.29) is 9.76 Å². The average Bonchev–Trinajstić information content (AvgIpc) is 2.45. The van der Waals surface area contributed by atoms with E-state index in [0.717, 1.165) is 0 Å². The number of ether oxygens (including phenoxy) is 4. The zero-order valence-corrected chi connectivity index (χ0v) is 20.4. The first-order valence-electron chi connectivity index (χ1n) is 7.58. The summed E-state index contributed by atoms with van der Waals surface area (Å²) in [7, 11) is 15.1. The smallest absolute Gasteiger partial charge is 0.160 e. The molecule has 0 aromatic rings. The van der Waals surface area contributed by atoms with Crippen molar-refractivity contribution in [2.45, 2.75) is 38.9 Å². The van der Waals surface area contributed by atoms with Gasteiger partial charge in [0.05, 0.1) is 0 Å². The van der Waals surface area contributed by atoms with Gasteiger partial charge in [-0.05, 0) is 6.04 Å². The van der Waals surface area contributed by atoms with Gasteiger partial charge in [-0.15, -0.1) is 0 Å². The highest BCUT2D eigenvalue weighted by Crippen LogP contribution is 1.77. The van der Waals surface area contributed by atoms with Gasteiger partial charge in [-0.25, -0.2) is 0 Å². The average molecular weight is 363 g/mol. The van der Waals surface area contributed by atoms with Gasteiger partial charge in [0.15, 0.2) is 9.76 Å². The minimum Gasteiger partial charge on any atom is -0.427 e. The van der Waals surface area contributed by atoms with Crippen LogP contribution in [0.5, 0.6) is 0 Å². The van der Waals surface area contributed by atoms with Gasteiger partial charge in [-0.3, -0.25) is 0 Å². The molecule has 0 bridgehead atoms. The van der Waals surface area contributed by atoms with Gasteiger partial charge in [0.25, 0.3) is 0 Å². The molecule has 22 heavy (non-hydrogen) atoms. The zero-order chi connectivity index (χ0) is 19.1. The van der Waals surface area contributed by atoms with E-state index in [4.69, 9.17) is 4.43 Å². The molecule has 0 radical (unpaired) electrons. The van der Waals surface area contributed by atoms with Crippen LogP contribution < -0.4 is 0 Å². The molecule has 0 aliphatic rings. The zero-order valence-electron chi connectivity index (χ0n) is 17.6. The number of methoxy groups -OCH3 is 4. The predicted molar refractivity (Wildman–Crippen MR) is 107 cm³/mol. The van der Waals surface area contributed by atoms with E-state index in [1.165, 1.54) is 18.1 Å². The molecule has 0 amide bonds. The van der Waals surface area contributed by atoms with Crippen LogP contribution in [0, 0.1) is 0 Å². The standard InChI is InChI=1S/C4H12Si.C3H10OSi.4C2H6O/c2*1-3-5-4-2;4*1-3-2/h3-5H2,1-2H3;3,5H2,1-2H3;4*1-2H3. The van der Waals surface area contributed by atoms with E-state index in [2.05, 4.69) is 39.7 Å². The maximum atomic E-state index is 4.83. The minimum atomic E-state index is -0.0679. The van der Waals surface area contributed by atoms with Crippen molar-refractivity contribution in [3.8, 4) is 0 Å². The Bertz CT molecular complexity index is 74.3. The lowest BCUT2D eigenvalue weighted by Gasteiger charge is -1.83. The van der Waals surface area contributed by atoms with E-state index >= 15 is 0 Å². The van der Waals surface area contributed by atoms with Gasteiger partial charge in [-0.2, -0.15) is 0 Å². The summed E-state index contributed by atoms with van der Waals surface area (Å²) in [6.45, 7) is 6.70. The topological polar surface area (TPSA) is 46.2 Å². The Balaban J connectivity index is -0.0000000357. The second-order valence-corrected chi connectivity index (χ2v) is 8.67. The van der Waals surface area contributed by atoms with Crippen molar-refractivity contribution in [3.63, 3.8) is 0 Å². The summed E-state index contributed by atoms with van der Waals surface area (Å²) in [5, 5.41) is 0. The van der Waals surface area contributed by atoms with Crippen molar-refractivity contribution >= 4 is 19.3 Å². The van der Waals surface area contributed by atoms with Gasteiger partial charge in [0.2, 0.25) is 0 Å². The Morgan fingerprint density at radius 2 is 0.727 bits per heavy atom. The third kappa shape index (κ3) is 418. The van der Waals surface area contributed by atoms with Gasteiger partial charge in [0, 0.05) is 73.5 Å². The quantitative estimate of drug-likeness (QED) is 0.718. The van der Waals surface area contributed by atoms with Crippen LogP contribution in [0.2, 0.25) is 18.1 Å². The Hall–Kier alpha value is 0.234. The summed E-state index contributed by atoms with van der Waals surface area (Å²) in [6, 6.07) is 4.23. The normalized spacial score (nSPS) is 7.64. The molecule has 0 aromatic carbocycles. The summed E-state index contributed by atoms with van der Waals surface area (Å²) in [5.41, 5.74) is 0. The molecule has 0 unspecified atom stereocenters. The summed E-state index contributed by atoms with van der Waals surface area (Å²) in [6.07, 6.45) is 0. The first-order chi connectivity index (χ1) is 10.5. The van der Waals surface area contributed by atoms with Crippen LogP contribution in [-0.4, -0.2) is 83.3 Å². The Kier molecular flexibility index (Phi) is 144. The van der Waals surface area contributed by atoms with Crippen LogP contribution in [-0.2, 0) is 23.4 Å². The maximum absolute atomic E-state index is 4.83. The van der Waals surface area contributed by atoms with Crippen LogP contribution in [0.4, 0.5) is 0 Å². The van der Waals surface area contributed by atoms with E-state index in [1.807, 2.05) is 0 Å². The molecule has 0 saturated heterocycles. The first-order valence-corrected chi connectivity index (χ1v) is 11.2. The molecule has 0 fully saturated rings. The van der Waals surface area contributed by atoms with Crippen molar-refractivity contribution in [1.82, 2.24) is 0 Å². The lowest BCUT2D eigenvalue weighted by Crippen LogP contribution is -1.86. The van der Waals surface area contributed by atoms with Crippen LogP contribution >= 0.6 is 0 Å². The molecule has 0 aromatic heterocycles. The lowest BCUT2D eigenvalue weighted by molar-refractivity contribution is 0.277. The van der Waals surface area contributed by atoms with E-state index < -0.39 is 0 Å². The Labute approximate surface area is 146 Å². The molecule has 5 nitrogen and oxygen atoms in total. The molecule has 7 heteroatoms. The lowest BCUT2D eigenvalue weighted by atomic mass is 11.0. The second-order valence-electron chi connectivity index (χ2n) is 3.98. The van der Waals surface area contributed by atoms with E-state index in [1.54, 1.807) is 64.0 Å². The predicted octanol–water partition coefficient (Wildman–Crippen LogP) is 2.24. The van der Waals surface area contributed by atoms with Crippen molar-refractivity contribution in [3.05, 3.63) is 0 Å². The molecule has 0 spiro atoms. The molecule has 0 heterocycles. The van der Waals surface area contributed by atoms with Crippen molar-refractivity contribution in [1.29, 1.82) is 0 Å². The highest BCUT2D eigenvalue weighted by atomic mass is 28.2. The number of rotatable bonds is 4. The van der Waals surface area contributed by atoms with Crippen LogP contribution in [0.1, 0.15) is 20.8 Å². The van der Waals surface area contributed by atoms with E-state index in [9.17, 15) is 0 Å². The summed E-state index contributed by atoms with van der Waals surface area (Å²) in [5.74, 6) is 0. The summed E-state index contributed by atoms with van der Waals surface area (Å²) < 4.78 is 21.8. The molecule has 0 rings (SSSR count). The highest BCUT2D eigenvalue weighted by molar-refractivity contribution is 6.34. The summed E-state index contributed by atoms with van der Waals surface area (Å²) >= 11 is 0. The van der Waals surface area contributed by atoms with Gasteiger partial charge in [0.1, 0.15) is 0 Å². The minimum absolute atomic E-state index is 0.0679.